The highest BCUT2D eigenvalue weighted by Gasteiger charge is 2.10. The molecule has 2 nitrogen and oxygen atoms in total. The van der Waals surface area contributed by atoms with Crippen LogP contribution in [0.15, 0.2) is 36.4 Å². The van der Waals surface area contributed by atoms with E-state index in [-0.39, 0.29) is 11.8 Å². The molecule has 0 fully saturated rings. The van der Waals surface area contributed by atoms with Gasteiger partial charge in [-0.2, -0.15) is 0 Å². The van der Waals surface area contributed by atoms with Crippen molar-refractivity contribution in [2.45, 2.75) is 19.9 Å². The summed E-state index contributed by atoms with van der Waals surface area (Å²) in [4.78, 5) is 0. The molecule has 2 rings (SSSR count). The Hall–Kier alpha value is -1.58. The van der Waals surface area contributed by atoms with Gasteiger partial charge in [-0.15, -0.1) is 0 Å². The number of benzene rings is 2. The number of halogens is 2. The van der Waals surface area contributed by atoms with Gasteiger partial charge < -0.3 is 10.5 Å². The van der Waals surface area contributed by atoms with E-state index in [4.69, 9.17) is 22.1 Å². The fraction of sp³-hybridized carbons (Fsp3) is 0.200. The molecular weight excluding hydrogens is 265 g/mol. The largest absolute Gasteiger partial charge is 0.453 e. The molecule has 0 aliphatic heterocycles. The summed E-state index contributed by atoms with van der Waals surface area (Å²) in [5, 5.41) is 0.454. The van der Waals surface area contributed by atoms with Gasteiger partial charge in [0.2, 0.25) is 0 Å². The van der Waals surface area contributed by atoms with Crippen LogP contribution in [0.4, 0.5) is 4.39 Å². The molecule has 0 heterocycles. The van der Waals surface area contributed by atoms with Crippen LogP contribution in [0.2, 0.25) is 5.02 Å². The Kier molecular flexibility index (Phi) is 4.08. The third-order valence-corrected chi connectivity index (χ3v) is 3.08. The normalized spacial score (nSPS) is 12.3. The lowest BCUT2D eigenvalue weighted by atomic mass is 10.1. The van der Waals surface area contributed by atoms with Crippen molar-refractivity contribution >= 4 is 11.6 Å². The second-order valence-electron chi connectivity index (χ2n) is 4.51. The Morgan fingerprint density at radius 3 is 2.42 bits per heavy atom. The summed E-state index contributed by atoms with van der Waals surface area (Å²) in [6.45, 7) is 3.72. The quantitative estimate of drug-likeness (QED) is 0.891. The lowest BCUT2D eigenvalue weighted by molar-refractivity contribution is 0.441. The van der Waals surface area contributed by atoms with Gasteiger partial charge in [-0.3, -0.25) is 0 Å². The van der Waals surface area contributed by atoms with Crippen molar-refractivity contribution in [1.82, 2.24) is 0 Å². The molecule has 1 atom stereocenters. The monoisotopic (exact) mass is 279 g/mol. The van der Waals surface area contributed by atoms with E-state index in [0.717, 1.165) is 11.1 Å². The lowest BCUT2D eigenvalue weighted by Crippen LogP contribution is -2.05. The number of nitrogens with two attached hydrogens (primary N) is 1. The summed E-state index contributed by atoms with van der Waals surface area (Å²) in [5.41, 5.74) is 7.44. The van der Waals surface area contributed by atoms with Gasteiger partial charge in [-0.05, 0) is 49.2 Å². The minimum absolute atomic E-state index is 0.134. The predicted octanol–water partition coefficient (Wildman–Crippen LogP) is 4.60. The Morgan fingerprint density at radius 1 is 1.16 bits per heavy atom. The van der Waals surface area contributed by atoms with Crippen LogP contribution in [0.25, 0.3) is 0 Å². The molecule has 0 aliphatic rings. The Morgan fingerprint density at radius 2 is 1.84 bits per heavy atom. The van der Waals surface area contributed by atoms with Crippen molar-refractivity contribution in [3.63, 3.8) is 0 Å². The molecule has 0 radical (unpaired) electrons. The highest BCUT2D eigenvalue weighted by Crippen LogP contribution is 2.32. The average molecular weight is 280 g/mol. The van der Waals surface area contributed by atoms with E-state index in [2.05, 4.69) is 0 Å². The molecule has 4 heteroatoms. The number of rotatable bonds is 3. The van der Waals surface area contributed by atoms with Crippen LogP contribution in [0.1, 0.15) is 24.1 Å². The van der Waals surface area contributed by atoms with Crippen LogP contribution < -0.4 is 10.5 Å². The van der Waals surface area contributed by atoms with Crippen molar-refractivity contribution in [3.8, 4) is 11.5 Å². The summed E-state index contributed by atoms with van der Waals surface area (Å²) in [7, 11) is 0. The molecule has 0 aliphatic carbocycles. The van der Waals surface area contributed by atoms with Crippen LogP contribution in [-0.4, -0.2) is 0 Å². The topological polar surface area (TPSA) is 35.2 Å². The lowest BCUT2D eigenvalue weighted by Gasteiger charge is -2.11. The smallest absolute Gasteiger partial charge is 0.166 e. The van der Waals surface area contributed by atoms with Gasteiger partial charge in [0.25, 0.3) is 0 Å². The minimum Gasteiger partial charge on any atom is -0.453 e. The van der Waals surface area contributed by atoms with E-state index in [9.17, 15) is 4.39 Å². The third-order valence-electron chi connectivity index (χ3n) is 2.79. The zero-order valence-corrected chi connectivity index (χ0v) is 11.5. The molecule has 19 heavy (non-hydrogen) atoms. The first-order valence-electron chi connectivity index (χ1n) is 5.96. The molecule has 2 aromatic carbocycles. The third kappa shape index (κ3) is 3.25. The average Bonchev–Trinajstić information content (AvgIpc) is 2.34. The number of ether oxygens (including phenoxy) is 1. The SMILES string of the molecule is Cc1ccc(Oc2ccc(C(C)N)cc2F)c(Cl)c1. The van der Waals surface area contributed by atoms with Gasteiger partial charge in [0.15, 0.2) is 11.6 Å². The van der Waals surface area contributed by atoms with Gasteiger partial charge in [-0.1, -0.05) is 23.7 Å². The summed E-state index contributed by atoms with van der Waals surface area (Å²) in [6.07, 6.45) is 0. The van der Waals surface area contributed by atoms with Crippen molar-refractivity contribution < 1.29 is 9.13 Å². The van der Waals surface area contributed by atoms with Crippen LogP contribution >= 0.6 is 11.6 Å². The van der Waals surface area contributed by atoms with Gasteiger partial charge in [0.1, 0.15) is 5.75 Å². The maximum atomic E-state index is 13.9. The van der Waals surface area contributed by atoms with E-state index in [1.165, 1.54) is 6.07 Å². The number of hydrogen-bond donors (Lipinski definition) is 1. The second kappa shape index (κ2) is 5.59. The Bertz CT molecular complexity index is 599. The Labute approximate surface area is 117 Å². The van der Waals surface area contributed by atoms with Crippen LogP contribution in [0.5, 0.6) is 11.5 Å². The molecule has 0 saturated carbocycles. The molecule has 1 unspecified atom stereocenters. The van der Waals surface area contributed by atoms with E-state index < -0.39 is 5.82 Å². The van der Waals surface area contributed by atoms with Crippen LogP contribution in [0, 0.1) is 12.7 Å². The fourth-order valence-corrected chi connectivity index (χ4v) is 1.96. The molecular formula is C15H15ClFNO. The fourth-order valence-electron chi connectivity index (χ4n) is 1.69. The van der Waals surface area contributed by atoms with Crippen LogP contribution in [-0.2, 0) is 0 Å². The van der Waals surface area contributed by atoms with E-state index >= 15 is 0 Å². The molecule has 2 N–H and O–H groups in total. The summed E-state index contributed by atoms with van der Waals surface area (Å²) >= 11 is 6.05. The molecule has 0 aromatic heterocycles. The molecule has 2 aromatic rings. The minimum atomic E-state index is -0.452. The molecule has 100 valence electrons. The maximum absolute atomic E-state index is 13.9. The maximum Gasteiger partial charge on any atom is 0.166 e. The summed E-state index contributed by atoms with van der Waals surface area (Å²) < 4.78 is 19.4. The molecule has 0 spiro atoms. The van der Waals surface area contributed by atoms with Gasteiger partial charge >= 0.3 is 0 Å². The van der Waals surface area contributed by atoms with E-state index in [1.807, 2.05) is 13.0 Å². The molecule has 0 amide bonds. The zero-order chi connectivity index (χ0) is 14.0. The zero-order valence-electron chi connectivity index (χ0n) is 10.8. The summed E-state index contributed by atoms with van der Waals surface area (Å²) in [5.74, 6) is 0.112. The first kappa shape index (κ1) is 13.8. The highest BCUT2D eigenvalue weighted by molar-refractivity contribution is 6.32. The van der Waals surface area contributed by atoms with Gasteiger partial charge in [-0.25, -0.2) is 4.39 Å². The van der Waals surface area contributed by atoms with Gasteiger partial charge in [0, 0.05) is 6.04 Å². The van der Waals surface area contributed by atoms with Gasteiger partial charge in [0.05, 0.1) is 5.02 Å². The standard InChI is InChI=1S/C15H15ClFNO/c1-9-3-5-14(12(16)7-9)19-15-6-4-11(10(2)18)8-13(15)17/h3-8,10H,18H2,1-2H3. The predicted molar refractivity (Wildman–Crippen MR) is 75.3 cm³/mol. The van der Waals surface area contributed by atoms with Crippen molar-refractivity contribution in [2.24, 2.45) is 5.73 Å². The van der Waals surface area contributed by atoms with E-state index in [1.54, 1.807) is 31.2 Å². The summed E-state index contributed by atoms with van der Waals surface area (Å²) in [6, 6.07) is 9.81. The first-order chi connectivity index (χ1) is 8.97. The Balaban J connectivity index is 2.28. The van der Waals surface area contributed by atoms with Crippen molar-refractivity contribution in [2.75, 3.05) is 0 Å². The van der Waals surface area contributed by atoms with E-state index in [0.29, 0.717) is 10.8 Å². The molecule has 0 bridgehead atoms. The molecule has 0 saturated heterocycles. The first-order valence-corrected chi connectivity index (χ1v) is 6.34. The van der Waals surface area contributed by atoms with Crippen molar-refractivity contribution in [1.29, 1.82) is 0 Å². The highest BCUT2D eigenvalue weighted by atomic mass is 35.5. The number of hydrogen-bond acceptors (Lipinski definition) is 2. The van der Waals surface area contributed by atoms with Crippen molar-refractivity contribution in [3.05, 3.63) is 58.4 Å². The second-order valence-corrected chi connectivity index (χ2v) is 4.92. The van der Waals surface area contributed by atoms with Crippen LogP contribution in [0.3, 0.4) is 0 Å². The number of aryl methyl sites for hydroxylation is 1.